The molecule has 3 heterocycles. The molecule has 0 saturated carbocycles. The second kappa shape index (κ2) is 6.11. The van der Waals surface area contributed by atoms with Crippen LogP contribution in [0.3, 0.4) is 0 Å². The molecule has 0 aromatic heterocycles. The summed E-state index contributed by atoms with van der Waals surface area (Å²) in [6.07, 6.45) is 9.84. The second-order valence-electron chi connectivity index (χ2n) is 7.19. The summed E-state index contributed by atoms with van der Waals surface area (Å²) in [5.74, 6) is 0. The first-order valence-corrected chi connectivity index (χ1v) is 8.47. The van der Waals surface area contributed by atoms with E-state index in [-0.39, 0.29) is 0 Å². The number of likely N-dealkylation sites (tertiary alicyclic amines) is 2. The van der Waals surface area contributed by atoms with Gasteiger partial charge in [0.05, 0.1) is 0 Å². The minimum atomic E-state index is 0.401. The average molecular weight is 265 g/mol. The third kappa shape index (κ3) is 3.50. The lowest BCUT2D eigenvalue weighted by Gasteiger charge is -2.42. The van der Waals surface area contributed by atoms with Crippen LogP contribution in [0.4, 0.5) is 0 Å². The molecule has 1 atom stereocenters. The standard InChI is InChI=1S/C16H31N3/c1-16(8-5-9-17-16)14-18-12-6-15(7-13-18)19-10-3-2-4-11-19/h15,17H,2-14H2,1H3. The number of nitrogens with zero attached hydrogens (tertiary/aromatic N) is 2. The van der Waals surface area contributed by atoms with E-state index in [1.807, 2.05) is 0 Å². The van der Waals surface area contributed by atoms with E-state index in [9.17, 15) is 0 Å². The molecule has 3 aliphatic heterocycles. The first-order chi connectivity index (χ1) is 9.25. The topological polar surface area (TPSA) is 18.5 Å². The predicted molar refractivity (Wildman–Crippen MR) is 80.5 cm³/mol. The van der Waals surface area contributed by atoms with E-state index in [1.165, 1.54) is 84.2 Å². The molecule has 3 saturated heterocycles. The van der Waals surface area contributed by atoms with Gasteiger partial charge in [0.25, 0.3) is 0 Å². The Kier molecular flexibility index (Phi) is 4.45. The van der Waals surface area contributed by atoms with Crippen LogP contribution < -0.4 is 5.32 Å². The van der Waals surface area contributed by atoms with Gasteiger partial charge in [-0.05, 0) is 78.2 Å². The van der Waals surface area contributed by atoms with E-state index in [1.54, 1.807) is 0 Å². The molecule has 3 aliphatic rings. The molecule has 0 spiro atoms. The molecule has 0 bridgehead atoms. The molecule has 0 amide bonds. The molecule has 1 N–H and O–H groups in total. The highest BCUT2D eigenvalue weighted by molar-refractivity contribution is 4.93. The molecule has 19 heavy (non-hydrogen) atoms. The molecule has 1 unspecified atom stereocenters. The summed E-state index contributed by atoms with van der Waals surface area (Å²) in [5.41, 5.74) is 0.401. The average Bonchev–Trinajstić information content (AvgIpc) is 2.87. The Balaban J connectivity index is 1.44. The molecule has 110 valence electrons. The lowest BCUT2D eigenvalue weighted by molar-refractivity contribution is 0.0809. The van der Waals surface area contributed by atoms with Crippen molar-refractivity contribution in [1.82, 2.24) is 15.1 Å². The highest BCUT2D eigenvalue weighted by Crippen LogP contribution is 2.24. The van der Waals surface area contributed by atoms with E-state index >= 15 is 0 Å². The summed E-state index contributed by atoms with van der Waals surface area (Å²) < 4.78 is 0. The zero-order valence-corrected chi connectivity index (χ0v) is 12.7. The van der Waals surface area contributed by atoms with Gasteiger partial charge in [0.1, 0.15) is 0 Å². The largest absolute Gasteiger partial charge is 0.310 e. The Morgan fingerprint density at radius 3 is 2.37 bits per heavy atom. The van der Waals surface area contributed by atoms with Gasteiger partial charge in [-0.2, -0.15) is 0 Å². The van der Waals surface area contributed by atoms with Crippen LogP contribution in [0.2, 0.25) is 0 Å². The number of nitrogens with one attached hydrogen (secondary N) is 1. The Labute approximate surface area is 118 Å². The van der Waals surface area contributed by atoms with Crippen molar-refractivity contribution in [2.45, 2.75) is 63.5 Å². The summed E-state index contributed by atoms with van der Waals surface area (Å²) in [4.78, 5) is 5.48. The van der Waals surface area contributed by atoms with Crippen LogP contribution in [0.25, 0.3) is 0 Å². The van der Waals surface area contributed by atoms with E-state index in [4.69, 9.17) is 0 Å². The quantitative estimate of drug-likeness (QED) is 0.843. The lowest BCUT2D eigenvalue weighted by Crippen LogP contribution is -2.52. The van der Waals surface area contributed by atoms with Gasteiger partial charge in [-0.15, -0.1) is 0 Å². The summed E-state index contributed by atoms with van der Waals surface area (Å²) in [6, 6.07) is 0.890. The van der Waals surface area contributed by atoms with Crippen LogP contribution in [0.1, 0.15) is 51.9 Å². The van der Waals surface area contributed by atoms with Crippen LogP contribution in [-0.2, 0) is 0 Å². The maximum absolute atomic E-state index is 3.70. The maximum Gasteiger partial charge on any atom is 0.0280 e. The molecule has 0 aromatic carbocycles. The zero-order chi connectivity index (χ0) is 13.1. The van der Waals surface area contributed by atoms with E-state index < -0.39 is 0 Å². The summed E-state index contributed by atoms with van der Waals surface area (Å²) >= 11 is 0. The van der Waals surface area contributed by atoms with E-state index in [0.717, 1.165) is 6.04 Å². The minimum absolute atomic E-state index is 0.401. The van der Waals surface area contributed by atoms with Gasteiger partial charge >= 0.3 is 0 Å². The third-order valence-corrected chi connectivity index (χ3v) is 5.49. The number of rotatable bonds is 3. The van der Waals surface area contributed by atoms with Gasteiger partial charge in [0, 0.05) is 18.1 Å². The highest BCUT2D eigenvalue weighted by atomic mass is 15.2. The fourth-order valence-electron chi connectivity index (χ4n) is 4.31. The Hall–Kier alpha value is -0.120. The first-order valence-electron chi connectivity index (χ1n) is 8.47. The lowest BCUT2D eigenvalue weighted by atomic mass is 9.96. The van der Waals surface area contributed by atoms with Crippen molar-refractivity contribution in [3.8, 4) is 0 Å². The second-order valence-corrected chi connectivity index (χ2v) is 7.19. The zero-order valence-electron chi connectivity index (χ0n) is 12.7. The van der Waals surface area contributed by atoms with Crippen molar-refractivity contribution in [3.63, 3.8) is 0 Å². The molecule has 3 rings (SSSR count). The molecule has 3 fully saturated rings. The third-order valence-electron chi connectivity index (χ3n) is 5.49. The number of piperidine rings is 2. The van der Waals surface area contributed by atoms with Crippen molar-refractivity contribution in [2.24, 2.45) is 0 Å². The first kappa shape index (κ1) is 13.8. The van der Waals surface area contributed by atoms with Crippen LogP contribution in [0.15, 0.2) is 0 Å². The van der Waals surface area contributed by atoms with Gasteiger partial charge < -0.3 is 15.1 Å². The molecule has 0 aliphatic carbocycles. The fourth-order valence-corrected chi connectivity index (χ4v) is 4.31. The smallest absolute Gasteiger partial charge is 0.0280 e. The SMILES string of the molecule is CC1(CN2CCC(N3CCCCC3)CC2)CCCN1. The molecule has 0 aromatic rings. The molecular formula is C16H31N3. The monoisotopic (exact) mass is 265 g/mol. The van der Waals surface area contributed by atoms with E-state index in [2.05, 4.69) is 22.0 Å². The van der Waals surface area contributed by atoms with Crippen LogP contribution >= 0.6 is 0 Å². The van der Waals surface area contributed by atoms with Gasteiger partial charge in [0.2, 0.25) is 0 Å². The van der Waals surface area contributed by atoms with Crippen molar-refractivity contribution in [3.05, 3.63) is 0 Å². The molecule has 0 radical (unpaired) electrons. The Bertz CT molecular complexity index is 272. The van der Waals surface area contributed by atoms with Gasteiger partial charge in [0.15, 0.2) is 0 Å². The van der Waals surface area contributed by atoms with Gasteiger partial charge in [-0.25, -0.2) is 0 Å². The Morgan fingerprint density at radius 1 is 1.00 bits per heavy atom. The maximum atomic E-state index is 3.70. The summed E-state index contributed by atoms with van der Waals surface area (Å²) in [6.45, 7) is 10.3. The number of hydrogen-bond acceptors (Lipinski definition) is 3. The minimum Gasteiger partial charge on any atom is -0.310 e. The van der Waals surface area contributed by atoms with Gasteiger partial charge in [-0.1, -0.05) is 6.42 Å². The van der Waals surface area contributed by atoms with Crippen molar-refractivity contribution < 1.29 is 0 Å². The molecule has 3 nitrogen and oxygen atoms in total. The van der Waals surface area contributed by atoms with E-state index in [0.29, 0.717) is 5.54 Å². The normalized spacial score (nSPS) is 35.8. The predicted octanol–water partition coefficient (Wildman–Crippen LogP) is 2.08. The molecular weight excluding hydrogens is 234 g/mol. The van der Waals surface area contributed by atoms with Crippen LogP contribution in [-0.4, -0.2) is 60.6 Å². The highest BCUT2D eigenvalue weighted by Gasteiger charge is 2.32. The number of hydrogen-bond donors (Lipinski definition) is 1. The Morgan fingerprint density at radius 2 is 1.74 bits per heavy atom. The fraction of sp³-hybridized carbons (Fsp3) is 1.00. The van der Waals surface area contributed by atoms with Crippen molar-refractivity contribution in [1.29, 1.82) is 0 Å². The molecule has 3 heteroatoms. The van der Waals surface area contributed by atoms with Crippen LogP contribution in [0, 0.1) is 0 Å². The van der Waals surface area contributed by atoms with Crippen LogP contribution in [0.5, 0.6) is 0 Å². The van der Waals surface area contributed by atoms with Gasteiger partial charge in [-0.3, -0.25) is 0 Å². The summed E-state index contributed by atoms with van der Waals surface area (Å²) in [5, 5.41) is 3.70. The van der Waals surface area contributed by atoms with Crippen molar-refractivity contribution in [2.75, 3.05) is 39.3 Å². The summed E-state index contributed by atoms with van der Waals surface area (Å²) in [7, 11) is 0. The van der Waals surface area contributed by atoms with Crippen molar-refractivity contribution >= 4 is 0 Å².